The summed E-state index contributed by atoms with van der Waals surface area (Å²) in [5.41, 5.74) is 0. The topological polar surface area (TPSA) is 12.0 Å². The van der Waals surface area contributed by atoms with Crippen molar-refractivity contribution in [3.05, 3.63) is 0 Å². The van der Waals surface area contributed by atoms with E-state index in [4.69, 9.17) is 0 Å². The Balaban J connectivity index is 1.97. The summed E-state index contributed by atoms with van der Waals surface area (Å²) < 4.78 is 0. The van der Waals surface area contributed by atoms with Crippen LogP contribution >= 0.6 is 0 Å². The number of hydrogen-bond donors (Lipinski definition) is 1. The summed E-state index contributed by atoms with van der Waals surface area (Å²) in [6.07, 6.45) is 5.54. The molecule has 1 aliphatic rings. The summed E-state index contributed by atoms with van der Waals surface area (Å²) in [5, 5.41) is 3.59. The standard InChI is InChI=1S/C11H23N/c1-4-9(2)7-10(3)8-12-11-5-6-11/h9-12H,4-8H2,1-3H3. The fourth-order valence-corrected chi connectivity index (χ4v) is 1.59. The van der Waals surface area contributed by atoms with Gasteiger partial charge in [-0.05, 0) is 37.6 Å². The fourth-order valence-electron chi connectivity index (χ4n) is 1.59. The molecule has 0 amide bonds. The second-order valence-corrected chi connectivity index (χ2v) is 4.54. The Morgan fingerprint density at radius 3 is 2.42 bits per heavy atom. The first-order chi connectivity index (χ1) is 5.72. The molecule has 0 aliphatic heterocycles. The van der Waals surface area contributed by atoms with E-state index in [2.05, 4.69) is 26.1 Å². The second-order valence-electron chi connectivity index (χ2n) is 4.54. The van der Waals surface area contributed by atoms with Crippen molar-refractivity contribution in [3.63, 3.8) is 0 Å². The zero-order valence-electron chi connectivity index (χ0n) is 8.77. The first-order valence-electron chi connectivity index (χ1n) is 5.45. The van der Waals surface area contributed by atoms with Crippen molar-refractivity contribution in [1.29, 1.82) is 0 Å². The van der Waals surface area contributed by atoms with Crippen LogP contribution < -0.4 is 5.32 Å². The summed E-state index contributed by atoms with van der Waals surface area (Å²) in [5.74, 6) is 1.77. The van der Waals surface area contributed by atoms with Crippen LogP contribution in [-0.2, 0) is 0 Å². The lowest BCUT2D eigenvalue weighted by Crippen LogP contribution is -2.24. The van der Waals surface area contributed by atoms with Gasteiger partial charge in [-0.25, -0.2) is 0 Å². The van der Waals surface area contributed by atoms with E-state index < -0.39 is 0 Å². The van der Waals surface area contributed by atoms with E-state index in [-0.39, 0.29) is 0 Å². The van der Waals surface area contributed by atoms with Crippen LogP contribution in [0.4, 0.5) is 0 Å². The highest BCUT2D eigenvalue weighted by atomic mass is 14.9. The maximum Gasteiger partial charge on any atom is 0.00683 e. The van der Waals surface area contributed by atoms with Crippen LogP contribution in [0.25, 0.3) is 0 Å². The molecule has 72 valence electrons. The average molecular weight is 169 g/mol. The van der Waals surface area contributed by atoms with Gasteiger partial charge in [0.15, 0.2) is 0 Å². The lowest BCUT2D eigenvalue weighted by Gasteiger charge is -2.16. The second kappa shape index (κ2) is 4.86. The van der Waals surface area contributed by atoms with E-state index >= 15 is 0 Å². The highest BCUT2D eigenvalue weighted by molar-refractivity contribution is 4.81. The predicted molar refractivity (Wildman–Crippen MR) is 54.3 cm³/mol. The highest BCUT2D eigenvalue weighted by Gasteiger charge is 2.20. The van der Waals surface area contributed by atoms with Gasteiger partial charge < -0.3 is 5.32 Å². The van der Waals surface area contributed by atoms with Crippen LogP contribution in [0.2, 0.25) is 0 Å². The molecular formula is C11H23N. The molecule has 0 saturated heterocycles. The van der Waals surface area contributed by atoms with Gasteiger partial charge in [0.05, 0.1) is 0 Å². The minimum absolute atomic E-state index is 0.862. The van der Waals surface area contributed by atoms with Gasteiger partial charge in [-0.15, -0.1) is 0 Å². The Bertz CT molecular complexity index is 118. The summed E-state index contributed by atoms with van der Waals surface area (Å²) in [4.78, 5) is 0. The molecule has 1 saturated carbocycles. The van der Waals surface area contributed by atoms with Crippen molar-refractivity contribution in [3.8, 4) is 0 Å². The monoisotopic (exact) mass is 169 g/mol. The maximum absolute atomic E-state index is 3.59. The lowest BCUT2D eigenvalue weighted by molar-refractivity contribution is 0.387. The van der Waals surface area contributed by atoms with Crippen molar-refractivity contribution in [2.45, 2.75) is 52.5 Å². The maximum atomic E-state index is 3.59. The molecule has 0 aromatic rings. The molecule has 1 nitrogen and oxygen atoms in total. The first-order valence-corrected chi connectivity index (χ1v) is 5.45. The molecule has 0 heterocycles. The molecule has 0 radical (unpaired) electrons. The van der Waals surface area contributed by atoms with E-state index in [1.54, 1.807) is 0 Å². The Hall–Kier alpha value is -0.0400. The molecule has 1 rings (SSSR count). The Kier molecular flexibility index (Phi) is 4.07. The number of hydrogen-bond acceptors (Lipinski definition) is 1. The lowest BCUT2D eigenvalue weighted by atomic mass is 9.95. The number of rotatable bonds is 6. The first kappa shape index (κ1) is 10.0. The number of nitrogens with one attached hydrogen (secondary N) is 1. The van der Waals surface area contributed by atoms with Crippen molar-refractivity contribution < 1.29 is 0 Å². The van der Waals surface area contributed by atoms with Gasteiger partial charge in [-0.1, -0.05) is 27.2 Å². The molecule has 2 unspecified atom stereocenters. The smallest absolute Gasteiger partial charge is 0.00683 e. The van der Waals surface area contributed by atoms with Crippen molar-refractivity contribution in [2.75, 3.05) is 6.54 Å². The SMILES string of the molecule is CCC(C)CC(C)CNC1CC1. The largest absolute Gasteiger partial charge is 0.314 e. The fraction of sp³-hybridized carbons (Fsp3) is 1.00. The van der Waals surface area contributed by atoms with Crippen LogP contribution in [-0.4, -0.2) is 12.6 Å². The van der Waals surface area contributed by atoms with Gasteiger partial charge in [0.2, 0.25) is 0 Å². The van der Waals surface area contributed by atoms with Gasteiger partial charge in [0.1, 0.15) is 0 Å². The Morgan fingerprint density at radius 1 is 1.25 bits per heavy atom. The van der Waals surface area contributed by atoms with Crippen LogP contribution in [0.15, 0.2) is 0 Å². The molecule has 2 atom stereocenters. The Morgan fingerprint density at radius 2 is 1.92 bits per heavy atom. The summed E-state index contributed by atoms with van der Waals surface area (Å²) in [7, 11) is 0. The van der Waals surface area contributed by atoms with Crippen LogP contribution in [0.3, 0.4) is 0 Å². The van der Waals surface area contributed by atoms with Crippen molar-refractivity contribution in [2.24, 2.45) is 11.8 Å². The van der Waals surface area contributed by atoms with E-state index in [1.807, 2.05) is 0 Å². The zero-order chi connectivity index (χ0) is 8.97. The van der Waals surface area contributed by atoms with Crippen molar-refractivity contribution in [1.82, 2.24) is 5.32 Å². The van der Waals surface area contributed by atoms with Gasteiger partial charge in [0.25, 0.3) is 0 Å². The molecule has 0 spiro atoms. The molecule has 1 N–H and O–H groups in total. The van der Waals surface area contributed by atoms with Gasteiger partial charge in [-0.2, -0.15) is 0 Å². The molecule has 0 bridgehead atoms. The highest BCUT2D eigenvalue weighted by Crippen LogP contribution is 2.20. The predicted octanol–water partition coefficient (Wildman–Crippen LogP) is 2.81. The van der Waals surface area contributed by atoms with E-state index in [0.29, 0.717) is 0 Å². The minimum Gasteiger partial charge on any atom is -0.314 e. The summed E-state index contributed by atoms with van der Waals surface area (Å²) >= 11 is 0. The van der Waals surface area contributed by atoms with Crippen LogP contribution in [0.5, 0.6) is 0 Å². The van der Waals surface area contributed by atoms with E-state index in [9.17, 15) is 0 Å². The van der Waals surface area contributed by atoms with Crippen LogP contribution in [0, 0.1) is 11.8 Å². The molecule has 1 heteroatoms. The van der Waals surface area contributed by atoms with Gasteiger partial charge in [-0.3, -0.25) is 0 Å². The minimum atomic E-state index is 0.862. The van der Waals surface area contributed by atoms with E-state index in [0.717, 1.165) is 17.9 Å². The molecular weight excluding hydrogens is 146 g/mol. The summed E-state index contributed by atoms with van der Waals surface area (Å²) in [6.45, 7) is 8.23. The molecule has 12 heavy (non-hydrogen) atoms. The van der Waals surface area contributed by atoms with Gasteiger partial charge >= 0.3 is 0 Å². The van der Waals surface area contributed by atoms with Crippen LogP contribution in [0.1, 0.15) is 46.5 Å². The third-order valence-electron chi connectivity index (χ3n) is 2.83. The Labute approximate surface area is 76.9 Å². The molecule has 1 fully saturated rings. The molecule has 0 aromatic heterocycles. The third kappa shape index (κ3) is 4.10. The quantitative estimate of drug-likeness (QED) is 0.644. The van der Waals surface area contributed by atoms with Crippen molar-refractivity contribution >= 4 is 0 Å². The molecule has 1 aliphatic carbocycles. The van der Waals surface area contributed by atoms with E-state index in [1.165, 1.54) is 32.2 Å². The normalized spacial score (nSPS) is 22.2. The molecule has 0 aromatic carbocycles. The third-order valence-corrected chi connectivity index (χ3v) is 2.83. The zero-order valence-corrected chi connectivity index (χ0v) is 8.77. The summed E-state index contributed by atoms with van der Waals surface area (Å²) in [6, 6.07) is 0.879. The average Bonchev–Trinajstić information content (AvgIpc) is 2.83. The van der Waals surface area contributed by atoms with Gasteiger partial charge in [0, 0.05) is 6.04 Å².